The summed E-state index contributed by atoms with van der Waals surface area (Å²) in [5.41, 5.74) is 2.54. The Bertz CT molecular complexity index is 1280. The van der Waals surface area contributed by atoms with E-state index in [0.717, 1.165) is 0 Å². The van der Waals surface area contributed by atoms with Crippen LogP contribution in [0.3, 0.4) is 0 Å². The van der Waals surface area contributed by atoms with Gasteiger partial charge in [0.1, 0.15) is 5.82 Å². The minimum absolute atomic E-state index is 0.0633. The fourth-order valence-electron chi connectivity index (χ4n) is 3.52. The summed E-state index contributed by atoms with van der Waals surface area (Å²) in [5.74, 6) is -0.423. The molecule has 0 fully saturated rings. The van der Waals surface area contributed by atoms with Gasteiger partial charge in [-0.2, -0.15) is 10.2 Å². The lowest BCUT2D eigenvalue weighted by Crippen LogP contribution is -2.26. The first kappa shape index (κ1) is 19.8. The van der Waals surface area contributed by atoms with E-state index in [1.165, 1.54) is 0 Å². The third-order valence-corrected chi connectivity index (χ3v) is 5.27. The standard InChI is InChI=1S/C20H18ClFN6O2/c1-3-15(30)25-10(2)16-19(22)18(21)17(13-8-24-26-20(13)16)11-4-5-28-12(6-11)7-14(27-28)23-9-29/h4-10H,3H2,1-2H3,(H,24,26)(H,25,30)(H,23,27,29). The molecule has 154 valence electrons. The van der Waals surface area contributed by atoms with Gasteiger partial charge < -0.3 is 10.6 Å². The molecule has 4 aromatic rings. The molecule has 1 aromatic carbocycles. The van der Waals surface area contributed by atoms with Crippen LogP contribution in [0.1, 0.15) is 31.9 Å². The third kappa shape index (κ3) is 3.26. The second-order valence-corrected chi connectivity index (χ2v) is 7.17. The average molecular weight is 429 g/mol. The predicted octanol–water partition coefficient (Wildman–Crippen LogP) is 3.83. The molecule has 10 heteroatoms. The van der Waals surface area contributed by atoms with Gasteiger partial charge in [0, 0.05) is 35.2 Å². The van der Waals surface area contributed by atoms with Crippen LogP contribution >= 0.6 is 11.6 Å². The molecule has 2 amide bonds. The first-order valence-electron chi connectivity index (χ1n) is 9.27. The van der Waals surface area contributed by atoms with Gasteiger partial charge in [0.15, 0.2) is 5.82 Å². The number of aromatic amines is 1. The van der Waals surface area contributed by atoms with Crippen molar-refractivity contribution in [3.63, 3.8) is 0 Å². The monoisotopic (exact) mass is 428 g/mol. The van der Waals surface area contributed by atoms with Crippen LogP contribution in [0.5, 0.6) is 0 Å². The van der Waals surface area contributed by atoms with E-state index in [1.807, 2.05) is 0 Å². The number of pyridine rings is 1. The lowest BCUT2D eigenvalue weighted by molar-refractivity contribution is -0.121. The third-order valence-electron chi connectivity index (χ3n) is 4.92. The SMILES string of the molecule is CCC(=O)NC(C)c1c(F)c(Cl)c(-c2ccn3nc(NC=O)cc3c2)c2cn[nH]c12. The summed E-state index contributed by atoms with van der Waals surface area (Å²) in [4.78, 5) is 22.5. The summed E-state index contributed by atoms with van der Waals surface area (Å²) in [6.07, 6.45) is 4.10. The van der Waals surface area contributed by atoms with E-state index < -0.39 is 11.9 Å². The number of nitrogens with one attached hydrogen (secondary N) is 3. The fourth-order valence-corrected chi connectivity index (χ4v) is 3.84. The van der Waals surface area contributed by atoms with Crippen LogP contribution in [0, 0.1) is 5.82 Å². The molecule has 0 saturated heterocycles. The number of nitrogens with zero attached hydrogens (tertiary/aromatic N) is 3. The molecule has 1 unspecified atom stereocenters. The number of benzene rings is 1. The molecular formula is C20H18ClFN6O2. The fraction of sp³-hybridized carbons (Fsp3) is 0.200. The second-order valence-electron chi connectivity index (χ2n) is 6.79. The Balaban J connectivity index is 1.88. The van der Waals surface area contributed by atoms with Crippen molar-refractivity contribution in [2.24, 2.45) is 0 Å². The zero-order valence-electron chi connectivity index (χ0n) is 16.2. The Kier molecular flexibility index (Phi) is 5.13. The average Bonchev–Trinajstić information content (AvgIpc) is 3.35. The molecule has 0 bridgehead atoms. The van der Waals surface area contributed by atoms with Gasteiger partial charge in [0.2, 0.25) is 12.3 Å². The molecule has 1 atom stereocenters. The van der Waals surface area contributed by atoms with Crippen molar-refractivity contribution in [3.05, 3.63) is 47.0 Å². The van der Waals surface area contributed by atoms with Crippen LogP contribution in [0.15, 0.2) is 30.6 Å². The molecule has 0 radical (unpaired) electrons. The van der Waals surface area contributed by atoms with Crippen molar-refractivity contribution in [1.82, 2.24) is 25.1 Å². The van der Waals surface area contributed by atoms with Crippen LogP contribution in [0.25, 0.3) is 27.5 Å². The second kappa shape index (κ2) is 7.75. The van der Waals surface area contributed by atoms with E-state index in [1.54, 1.807) is 49.0 Å². The molecule has 3 N–H and O–H groups in total. The number of anilines is 1. The molecule has 0 aliphatic rings. The number of carbonyl (C=O) groups is 2. The molecule has 0 aliphatic heterocycles. The minimum atomic E-state index is -0.621. The van der Waals surface area contributed by atoms with E-state index in [4.69, 9.17) is 11.6 Å². The van der Waals surface area contributed by atoms with E-state index in [9.17, 15) is 9.59 Å². The number of rotatable bonds is 6. The summed E-state index contributed by atoms with van der Waals surface area (Å²) in [6.45, 7) is 3.42. The first-order chi connectivity index (χ1) is 14.4. The van der Waals surface area contributed by atoms with Gasteiger partial charge in [-0.3, -0.25) is 14.7 Å². The number of H-pyrrole nitrogens is 1. The van der Waals surface area contributed by atoms with Crippen molar-refractivity contribution < 1.29 is 14.0 Å². The van der Waals surface area contributed by atoms with Crippen molar-refractivity contribution in [2.45, 2.75) is 26.3 Å². The van der Waals surface area contributed by atoms with Crippen molar-refractivity contribution in [1.29, 1.82) is 0 Å². The Morgan fingerprint density at radius 3 is 2.97 bits per heavy atom. The van der Waals surface area contributed by atoms with Crippen LogP contribution in [-0.4, -0.2) is 32.1 Å². The van der Waals surface area contributed by atoms with Gasteiger partial charge >= 0.3 is 0 Å². The van der Waals surface area contributed by atoms with Crippen LogP contribution in [0.4, 0.5) is 10.2 Å². The Morgan fingerprint density at radius 2 is 2.23 bits per heavy atom. The lowest BCUT2D eigenvalue weighted by Gasteiger charge is -2.18. The smallest absolute Gasteiger partial charge is 0.220 e. The summed E-state index contributed by atoms with van der Waals surface area (Å²) in [6, 6.07) is 4.63. The zero-order chi connectivity index (χ0) is 21.4. The number of fused-ring (bicyclic) bond motifs is 2. The highest BCUT2D eigenvalue weighted by molar-refractivity contribution is 6.35. The molecule has 0 aliphatic carbocycles. The van der Waals surface area contributed by atoms with E-state index >= 15 is 4.39 Å². The summed E-state index contributed by atoms with van der Waals surface area (Å²) in [7, 11) is 0. The van der Waals surface area contributed by atoms with Gasteiger partial charge in [-0.25, -0.2) is 8.91 Å². The Morgan fingerprint density at radius 1 is 1.43 bits per heavy atom. The summed E-state index contributed by atoms with van der Waals surface area (Å²) >= 11 is 6.48. The number of carbonyl (C=O) groups excluding carboxylic acids is 2. The van der Waals surface area contributed by atoms with Crippen LogP contribution < -0.4 is 10.6 Å². The van der Waals surface area contributed by atoms with E-state index in [2.05, 4.69) is 25.9 Å². The molecule has 4 rings (SSSR count). The van der Waals surface area contributed by atoms with Gasteiger partial charge in [-0.1, -0.05) is 18.5 Å². The predicted molar refractivity (Wildman–Crippen MR) is 112 cm³/mol. The normalized spacial score (nSPS) is 12.3. The maximum Gasteiger partial charge on any atom is 0.220 e. The van der Waals surface area contributed by atoms with Gasteiger partial charge in [-0.05, 0) is 24.6 Å². The highest BCUT2D eigenvalue weighted by atomic mass is 35.5. The molecule has 8 nitrogen and oxygen atoms in total. The van der Waals surface area contributed by atoms with Crippen molar-refractivity contribution in [3.8, 4) is 11.1 Å². The molecule has 30 heavy (non-hydrogen) atoms. The highest BCUT2D eigenvalue weighted by Gasteiger charge is 2.25. The number of hydrogen-bond donors (Lipinski definition) is 3. The number of amides is 2. The largest absolute Gasteiger partial charge is 0.349 e. The van der Waals surface area contributed by atoms with Crippen molar-refractivity contribution in [2.75, 3.05) is 5.32 Å². The maximum atomic E-state index is 15.4. The Hall–Kier alpha value is -3.46. The van der Waals surface area contributed by atoms with Crippen LogP contribution in [-0.2, 0) is 9.59 Å². The molecule has 0 saturated carbocycles. The van der Waals surface area contributed by atoms with Gasteiger partial charge in [0.25, 0.3) is 0 Å². The molecular weight excluding hydrogens is 411 g/mol. The van der Waals surface area contributed by atoms with Crippen LogP contribution in [0.2, 0.25) is 5.02 Å². The molecule has 3 aromatic heterocycles. The number of halogens is 2. The quantitative estimate of drug-likeness (QED) is 0.406. The van der Waals surface area contributed by atoms with Gasteiger partial charge in [-0.15, -0.1) is 0 Å². The zero-order valence-corrected chi connectivity index (χ0v) is 16.9. The van der Waals surface area contributed by atoms with Crippen molar-refractivity contribution >= 4 is 46.2 Å². The summed E-state index contributed by atoms with van der Waals surface area (Å²) < 4.78 is 17.0. The highest BCUT2D eigenvalue weighted by Crippen LogP contribution is 2.41. The first-order valence-corrected chi connectivity index (χ1v) is 9.65. The molecule has 3 heterocycles. The minimum Gasteiger partial charge on any atom is -0.349 e. The summed E-state index contributed by atoms with van der Waals surface area (Å²) in [5, 5.41) is 16.9. The van der Waals surface area contributed by atoms with Gasteiger partial charge in [0.05, 0.1) is 28.3 Å². The van der Waals surface area contributed by atoms with E-state index in [-0.39, 0.29) is 22.9 Å². The van der Waals surface area contributed by atoms with E-state index in [0.29, 0.717) is 39.8 Å². The molecule has 0 spiro atoms. The maximum absolute atomic E-state index is 15.4. The topological polar surface area (TPSA) is 104 Å². The number of hydrogen-bond acceptors (Lipinski definition) is 4. The lowest BCUT2D eigenvalue weighted by atomic mass is 9.96. The number of aromatic nitrogens is 4. The Labute approximate surface area is 175 Å².